The van der Waals surface area contributed by atoms with Gasteiger partial charge in [0.1, 0.15) is 18.5 Å². The molecular formula is C26H27NO4. The van der Waals surface area contributed by atoms with Gasteiger partial charge in [0.05, 0.1) is 19.9 Å². The average Bonchev–Trinajstić information content (AvgIpc) is 3.31. The zero-order valence-electron chi connectivity index (χ0n) is 17.6. The normalized spacial score (nSPS) is 12.2. The summed E-state index contributed by atoms with van der Waals surface area (Å²) in [5.74, 6) is 2.13. The first kappa shape index (κ1) is 21.0. The van der Waals surface area contributed by atoms with Crippen molar-refractivity contribution in [2.75, 3.05) is 20.3 Å². The molecule has 0 saturated carbocycles. The maximum absolute atomic E-state index is 10.7. The van der Waals surface area contributed by atoms with Crippen molar-refractivity contribution >= 4 is 10.8 Å². The summed E-state index contributed by atoms with van der Waals surface area (Å²) in [5, 5.41) is 13.1. The number of methoxy groups -OCH3 is 1. The maximum atomic E-state index is 10.7. The number of benzene rings is 3. The van der Waals surface area contributed by atoms with Crippen molar-refractivity contribution in [3.63, 3.8) is 0 Å². The van der Waals surface area contributed by atoms with Gasteiger partial charge in [-0.3, -0.25) is 4.90 Å². The van der Waals surface area contributed by atoms with Gasteiger partial charge >= 0.3 is 0 Å². The van der Waals surface area contributed by atoms with Crippen molar-refractivity contribution in [3.05, 3.63) is 96.4 Å². The molecule has 0 aliphatic rings. The number of ether oxygens (including phenoxy) is 2. The number of nitrogens with zero attached hydrogens (tertiary/aromatic N) is 1. The Morgan fingerprint density at radius 3 is 2.45 bits per heavy atom. The maximum Gasteiger partial charge on any atom is 0.161 e. The lowest BCUT2D eigenvalue weighted by molar-refractivity contribution is 0.0597. The van der Waals surface area contributed by atoms with E-state index in [2.05, 4.69) is 41.3 Å². The predicted molar refractivity (Wildman–Crippen MR) is 121 cm³/mol. The summed E-state index contributed by atoms with van der Waals surface area (Å²) in [5.41, 5.74) is 1.21. The highest BCUT2D eigenvalue weighted by Gasteiger charge is 2.17. The van der Waals surface area contributed by atoms with E-state index in [1.54, 1.807) is 13.4 Å². The van der Waals surface area contributed by atoms with E-state index in [1.807, 2.05) is 42.5 Å². The Morgan fingerprint density at radius 1 is 0.871 bits per heavy atom. The fourth-order valence-corrected chi connectivity index (χ4v) is 3.75. The molecule has 1 aromatic heterocycles. The molecule has 31 heavy (non-hydrogen) atoms. The van der Waals surface area contributed by atoms with Crippen LogP contribution in [0.1, 0.15) is 11.3 Å². The van der Waals surface area contributed by atoms with E-state index in [-0.39, 0.29) is 6.61 Å². The van der Waals surface area contributed by atoms with Crippen LogP contribution in [-0.4, -0.2) is 36.4 Å². The van der Waals surface area contributed by atoms with Gasteiger partial charge in [-0.05, 0) is 40.6 Å². The summed E-state index contributed by atoms with van der Waals surface area (Å²) in [6, 6.07) is 26.0. The van der Waals surface area contributed by atoms with Crippen LogP contribution >= 0.6 is 0 Å². The van der Waals surface area contributed by atoms with E-state index in [9.17, 15) is 5.11 Å². The van der Waals surface area contributed by atoms with Gasteiger partial charge in [-0.15, -0.1) is 0 Å². The molecule has 0 bridgehead atoms. The molecule has 3 aromatic carbocycles. The Hall–Kier alpha value is -3.28. The molecule has 160 valence electrons. The topological polar surface area (TPSA) is 55.1 Å². The summed E-state index contributed by atoms with van der Waals surface area (Å²) in [6.45, 7) is 1.90. The van der Waals surface area contributed by atoms with Gasteiger partial charge in [-0.2, -0.15) is 0 Å². The number of hydrogen-bond donors (Lipinski definition) is 1. The van der Waals surface area contributed by atoms with Crippen LogP contribution in [0.5, 0.6) is 11.5 Å². The molecule has 5 heteroatoms. The Bertz CT molecular complexity index is 1090. The second kappa shape index (κ2) is 10.2. The minimum Gasteiger partial charge on any atom is -0.493 e. The molecule has 1 N–H and O–H groups in total. The highest BCUT2D eigenvalue weighted by molar-refractivity contribution is 5.85. The van der Waals surface area contributed by atoms with E-state index in [0.717, 1.165) is 5.76 Å². The van der Waals surface area contributed by atoms with Crippen LogP contribution in [0.3, 0.4) is 0 Å². The largest absolute Gasteiger partial charge is 0.493 e. The highest BCUT2D eigenvalue weighted by Crippen LogP contribution is 2.26. The van der Waals surface area contributed by atoms with Crippen molar-refractivity contribution in [2.24, 2.45) is 0 Å². The number of aliphatic hydroxyl groups is 1. The minimum absolute atomic E-state index is 0.171. The van der Waals surface area contributed by atoms with Crippen molar-refractivity contribution in [1.29, 1.82) is 0 Å². The Morgan fingerprint density at radius 2 is 1.65 bits per heavy atom. The van der Waals surface area contributed by atoms with Gasteiger partial charge in [0, 0.05) is 13.1 Å². The minimum atomic E-state index is -0.671. The summed E-state index contributed by atoms with van der Waals surface area (Å²) in [7, 11) is 1.61. The molecule has 0 radical (unpaired) electrons. The monoisotopic (exact) mass is 417 g/mol. The van der Waals surface area contributed by atoms with Crippen LogP contribution in [0.15, 0.2) is 89.5 Å². The lowest BCUT2D eigenvalue weighted by Gasteiger charge is -2.25. The van der Waals surface area contributed by atoms with Crippen molar-refractivity contribution in [3.8, 4) is 11.5 Å². The number of hydrogen-bond acceptors (Lipinski definition) is 5. The smallest absolute Gasteiger partial charge is 0.161 e. The third kappa shape index (κ3) is 5.45. The quantitative estimate of drug-likeness (QED) is 0.398. The van der Waals surface area contributed by atoms with Gasteiger partial charge in [0.15, 0.2) is 11.5 Å². The first-order valence-electron chi connectivity index (χ1n) is 10.4. The zero-order valence-corrected chi connectivity index (χ0v) is 17.6. The van der Waals surface area contributed by atoms with E-state index < -0.39 is 6.10 Å². The fourth-order valence-electron chi connectivity index (χ4n) is 3.75. The van der Waals surface area contributed by atoms with Crippen LogP contribution < -0.4 is 9.47 Å². The van der Waals surface area contributed by atoms with Gasteiger partial charge in [-0.25, -0.2) is 0 Å². The summed E-state index contributed by atoms with van der Waals surface area (Å²) < 4.78 is 16.7. The SMILES string of the molecule is COc1ccccc1OCC(O)CN(Cc1ccco1)Cc1cccc2ccccc12. The Kier molecular flexibility index (Phi) is 6.87. The lowest BCUT2D eigenvalue weighted by atomic mass is 10.0. The van der Waals surface area contributed by atoms with Gasteiger partial charge in [0.2, 0.25) is 0 Å². The average molecular weight is 418 g/mol. The summed E-state index contributed by atoms with van der Waals surface area (Å²) in [4.78, 5) is 2.18. The molecule has 4 aromatic rings. The molecule has 0 spiro atoms. The van der Waals surface area contributed by atoms with Crippen LogP contribution in [0.2, 0.25) is 0 Å². The third-order valence-corrected chi connectivity index (χ3v) is 5.20. The number of fused-ring (bicyclic) bond motifs is 1. The molecule has 5 nitrogen and oxygen atoms in total. The molecule has 1 unspecified atom stereocenters. The molecule has 1 heterocycles. The van der Waals surface area contributed by atoms with Gasteiger partial charge < -0.3 is 19.0 Å². The number of furan rings is 1. The van der Waals surface area contributed by atoms with Crippen LogP contribution in [-0.2, 0) is 13.1 Å². The van der Waals surface area contributed by atoms with Crippen LogP contribution in [0.25, 0.3) is 10.8 Å². The standard InChI is InChI=1S/C26H27NO4/c1-29-25-13-4-5-14-26(25)31-19-22(28)17-27(18-23-11-7-15-30-23)16-21-10-6-9-20-8-2-3-12-24(20)21/h2-15,22,28H,16-19H2,1H3. The molecule has 0 aliphatic heterocycles. The Balaban J connectivity index is 1.47. The van der Waals surface area contributed by atoms with Crippen molar-refractivity contribution in [2.45, 2.75) is 19.2 Å². The molecule has 0 aliphatic carbocycles. The van der Waals surface area contributed by atoms with E-state index in [0.29, 0.717) is 31.1 Å². The molecule has 0 fully saturated rings. The second-order valence-electron chi connectivity index (χ2n) is 7.50. The van der Waals surface area contributed by atoms with Gasteiger partial charge in [-0.1, -0.05) is 54.6 Å². The molecule has 0 amide bonds. The molecule has 0 saturated heterocycles. The molecular weight excluding hydrogens is 390 g/mol. The second-order valence-corrected chi connectivity index (χ2v) is 7.50. The third-order valence-electron chi connectivity index (χ3n) is 5.20. The van der Waals surface area contributed by atoms with Crippen molar-refractivity contribution < 1.29 is 19.0 Å². The van der Waals surface area contributed by atoms with E-state index in [4.69, 9.17) is 13.9 Å². The summed E-state index contributed by atoms with van der Waals surface area (Å²) in [6.07, 6.45) is 1.00. The number of aliphatic hydroxyl groups excluding tert-OH is 1. The number of para-hydroxylation sites is 2. The van der Waals surface area contributed by atoms with Crippen LogP contribution in [0, 0.1) is 0 Å². The van der Waals surface area contributed by atoms with E-state index in [1.165, 1.54) is 16.3 Å². The summed E-state index contributed by atoms with van der Waals surface area (Å²) >= 11 is 0. The first-order valence-corrected chi connectivity index (χ1v) is 10.4. The molecule has 4 rings (SSSR count). The first-order chi connectivity index (χ1) is 15.2. The van der Waals surface area contributed by atoms with Crippen molar-refractivity contribution in [1.82, 2.24) is 4.90 Å². The van der Waals surface area contributed by atoms with E-state index >= 15 is 0 Å². The van der Waals surface area contributed by atoms with Crippen LogP contribution in [0.4, 0.5) is 0 Å². The van der Waals surface area contributed by atoms with Gasteiger partial charge in [0.25, 0.3) is 0 Å². The molecule has 1 atom stereocenters. The Labute approximate surface area is 182 Å². The predicted octanol–water partition coefficient (Wildman–Crippen LogP) is 4.88. The zero-order chi connectivity index (χ0) is 21.5. The fraction of sp³-hybridized carbons (Fsp3) is 0.231. The number of rotatable bonds is 10. The lowest BCUT2D eigenvalue weighted by Crippen LogP contribution is -2.35. The highest BCUT2D eigenvalue weighted by atomic mass is 16.5.